The van der Waals surface area contributed by atoms with Gasteiger partial charge in [0.1, 0.15) is 0 Å². The number of hydrogen-bond donors (Lipinski definition) is 2. The van der Waals surface area contributed by atoms with Crippen molar-refractivity contribution in [1.82, 2.24) is 10.2 Å². The van der Waals surface area contributed by atoms with Crippen LogP contribution in [0.4, 0.5) is 0 Å². The highest BCUT2D eigenvalue weighted by Crippen LogP contribution is 2.25. The standard InChI is InChI=1S/C12H23N3O2/c1-14-11(16)8-15(2)12(17)7-9-5-3-4-6-10(9)13/h9-10H,3-8,13H2,1-2H3,(H,14,16). The topological polar surface area (TPSA) is 75.4 Å². The molecule has 17 heavy (non-hydrogen) atoms. The number of carbonyl (C=O) groups is 2. The maximum Gasteiger partial charge on any atom is 0.239 e. The lowest BCUT2D eigenvalue weighted by Crippen LogP contribution is -2.40. The molecule has 2 atom stereocenters. The van der Waals surface area contributed by atoms with E-state index in [0.717, 1.165) is 19.3 Å². The van der Waals surface area contributed by atoms with Crippen LogP contribution in [0.5, 0.6) is 0 Å². The minimum atomic E-state index is -0.145. The van der Waals surface area contributed by atoms with E-state index in [0.29, 0.717) is 6.42 Å². The largest absolute Gasteiger partial charge is 0.358 e. The Hall–Kier alpha value is -1.10. The number of nitrogens with zero attached hydrogens (tertiary/aromatic N) is 1. The molecular weight excluding hydrogens is 218 g/mol. The molecule has 0 radical (unpaired) electrons. The summed E-state index contributed by atoms with van der Waals surface area (Å²) >= 11 is 0. The van der Waals surface area contributed by atoms with Crippen LogP contribution in [0.3, 0.4) is 0 Å². The number of amides is 2. The summed E-state index contributed by atoms with van der Waals surface area (Å²) in [5.74, 6) is 0.146. The van der Waals surface area contributed by atoms with Crippen LogP contribution >= 0.6 is 0 Å². The summed E-state index contributed by atoms with van der Waals surface area (Å²) in [7, 11) is 3.23. The SMILES string of the molecule is CNC(=O)CN(C)C(=O)CC1CCCCC1N. The first-order valence-corrected chi connectivity index (χ1v) is 6.24. The summed E-state index contributed by atoms with van der Waals surface area (Å²) in [6.45, 7) is 0.122. The molecule has 0 bridgehead atoms. The Balaban J connectivity index is 2.39. The average Bonchev–Trinajstić information content (AvgIpc) is 2.31. The zero-order valence-electron chi connectivity index (χ0n) is 10.7. The lowest BCUT2D eigenvalue weighted by molar-refractivity contribution is -0.135. The van der Waals surface area contributed by atoms with Gasteiger partial charge < -0.3 is 16.0 Å². The number of rotatable bonds is 4. The monoisotopic (exact) mass is 241 g/mol. The van der Waals surface area contributed by atoms with Crippen molar-refractivity contribution in [3.63, 3.8) is 0 Å². The van der Waals surface area contributed by atoms with Gasteiger partial charge in [-0.1, -0.05) is 12.8 Å². The van der Waals surface area contributed by atoms with Gasteiger partial charge in [-0.25, -0.2) is 0 Å². The van der Waals surface area contributed by atoms with E-state index < -0.39 is 0 Å². The Labute approximate surface area is 103 Å². The van der Waals surface area contributed by atoms with Gasteiger partial charge in [0.15, 0.2) is 0 Å². The fraction of sp³-hybridized carbons (Fsp3) is 0.833. The van der Waals surface area contributed by atoms with Gasteiger partial charge in [0.2, 0.25) is 11.8 Å². The molecular formula is C12H23N3O2. The van der Waals surface area contributed by atoms with Crippen LogP contribution in [-0.4, -0.2) is 43.4 Å². The van der Waals surface area contributed by atoms with Crippen molar-refractivity contribution in [2.24, 2.45) is 11.7 Å². The highest BCUT2D eigenvalue weighted by atomic mass is 16.2. The lowest BCUT2D eigenvalue weighted by atomic mass is 9.83. The van der Waals surface area contributed by atoms with Gasteiger partial charge in [-0.05, 0) is 18.8 Å². The Morgan fingerprint density at radius 3 is 2.59 bits per heavy atom. The molecule has 1 aliphatic rings. The van der Waals surface area contributed by atoms with Gasteiger partial charge in [-0.15, -0.1) is 0 Å². The fourth-order valence-electron chi connectivity index (χ4n) is 2.25. The molecule has 0 spiro atoms. The van der Waals surface area contributed by atoms with Crippen molar-refractivity contribution in [3.8, 4) is 0 Å². The van der Waals surface area contributed by atoms with E-state index in [-0.39, 0.29) is 30.3 Å². The first-order chi connectivity index (χ1) is 8.04. The van der Waals surface area contributed by atoms with Crippen LogP contribution in [0, 0.1) is 5.92 Å². The molecule has 0 aromatic heterocycles. The normalized spacial score (nSPS) is 24.2. The van der Waals surface area contributed by atoms with Crippen LogP contribution in [0.2, 0.25) is 0 Å². The third kappa shape index (κ3) is 4.34. The van der Waals surface area contributed by atoms with Crippen molar-refractivity contribution in [1.29, 1.82) is 0 Å². The summed E-state index contributed by atoms with van der Waals surface area (Å²) in [6, 6.07) is 0.140. The average molecular weight is 241 g/mol. The van der Waals surface area contributed by atoms with Gasteiger partial charge in [-0.2, -0.15) is 0 Å². The second kappa shape index (κ2) is 6.59. The highest BCUT2D eigenvalue weighted by molar-refractivity contribution is 5.84. The van der Waals surface area contributed by atoms with E-state index >= 15 is 0 Å². The lowest BCUT2D eigenvalue weighted by Gasteiger charge is -2.29. The van der Waals surface area contributed by atoms with Gasteiger partial charge in [0.05, 0.1) is 6.54 Å². The van der Waals surface area contributed by atoms with Crippen molar-refractivity contribution < 1.29 is 9.59 Å². The first kappa shape index (κ1) is 14.0. The van der Waals surface area contributed by atoms with E-state index in [9.17, 15) is 9.59 Å². The number of nitrogens with one attached hydrogen (secondary N) is 1. The second-order valence-electron chi connectivity index (χ2n) is 4.84. The molecule has 2 amide bonds. The minimum Gasteiger partial charge on any atom is -0.358 e. The number of nitrogens with two attached hydrogens (primary N) is 1. The van der Waals surface area contributed by atoms with Crippen LogP contribution in [0.1, 0.15) is 32.1 Å². The number of carbonyl (C=O) groups excluding carboxylic acids is 2. The van der Waals surface area contributed by atoms with Gasteiger partial charge in [-0.3, -0.25) is 9.59 Å². The molecule has 98 valence electrons. The molecule has 0 saturated heterocycles. The zero-order valence-corrected chi connectivity index (χ0v) is 10.7. The van der Waals surface area contributed by atoms with E-state index in [4.69, 9.17) is 5.73 Å². The summed E-state index contributed by atoms with van der Waals surface area (Å²) < 4.78 is 0. The predicted molar refractivity (Wildman–Crippen MR) is 66.3 cm³/mol. The van der Waals surface area contributed by atoms with Crippen molar-refractivity contribution in [2.75, 3.05) is 20.6 Å². The maximum atomic E-state index is 11.9. The molecule has 0 aromatic carbocycles. The third-order valence-corrected chi connectivity index (χ3v) is 3.49. The number of hydrogen-bond acceptors (Lipinski definition) is 3. The summed E-state index contributed by atoms with van der Waals surface area (Å²) in [5, 5.41) is 2.51. The maximum absolute atomic E-state index is 11.9. The Kier molecular flexibility index (Phi) is 5.41. The molecule has 3 N–H and O–H groups in total. The van der Waals surface area contributed by atoms with E-state index in [1.165, 1.54) is 11.3 Å². The zero-order chi connectivity index (χ0) is 12.8. The smallest absolute Gasteiger partial charge is 0.239 e. The summed E-state index contributed by atoms with van der Waals surface area (Å²) in [4.78, 5) is 24.5. The number of likely N-dealkylation sites (N-methyl/N-ethyl adjacent to an activating group) is 2. The molecule has 1 fully saturated rings. The van der Waals surface area contributed by atoms with E-state index in [1.54, 1.807) is 14.1 Å². The predicted octanol–water partition coefficient (Wildman–Crippen LogP) is 0.0984. The Bertz CT molecular complexity index is 281. The van der Waals surface area contributed by atoms with Crippen molar-refractivity contribution >= 4 is 11.8 Å². The molecule has 2 unspecified atom stereocenters. The van der Waals surface area contributed by atoms with Crippen LogP contribution in [0.15, 0.2) is 0 Å². The highest BCUT2D eigenvalue weighted by Gasteiger charge is 2.25. The van der Waals surface area contributed by atoms with Crippen LogP contribution in [0.25, 0.3) is 0 Å². The summed E-state index contributed by atoms with van der Waals surface area (Å²) in [5.41, 5.74) is 6.00. The molecule has 1 saturated carbocycles. The van der Waals surface area contributed by atoms with Crippen LogP contribution < -0.4 is 11.1 Å². The minimum absolute atomic E-state index is 0.0101. The van der Waals surface area contributed by atoms with E-state index in [1.807, 2.05) is 0 Å². The van der Waals surface area contributed by atoms with Gasteiger partial charge in [0, 0.05) is 26.6 Å². The van der Waals surface area contributed by atoms with Gasteiger partial charge >= 0.3 is 0 Å². The molecule has 5 heteroatoms. The van der Waals surface area contributed by atoms with Gasteiger partial charge in [0.25, 0.3) is 0 Å². The summed E-state index contributed by atoms with van der Waals surface area (Å²) in [6.07, 6.45) is 4.83. The van der Waals surface area contributed by atoms with E-state index in [2.05, 4.69) is 5.32 Å². The molecule has 0 aromatic rings. The molecule has 0 aliphatic heterocycles. The Morgan fingerprint density at radius 1 is 1.35 bits per heavy atom. The van der Waals surface area contributed by atoms with Crippen molar-refractivity contribution in [2.45, 2.75) is 38.1 Å². The first-order valence-electron chi connectivity index (χ1n) is 6.24. The van der Waals surface area contributed by atoms with Crippen LogP contribution in [-0.2, 0) is 9.59 Å². The van der Waals surface area contributed by atoms with Crippen molar-refractivity contribution in [3.05, 3.63) is 0 Å². The quantitative estimate of drug-likeness (QED) is 0.733. The third-order valence-electron chi connectivity index (χ3n) is 3.49. The molecule has 1 rings (SSSR count). The second-order valence-corrected chi connectivity index (χ2v) is 4.84. The molecule has 5 nitrogen and oxygen atoms in total. The molecule has 1 aliphatic carbocycles. The molecule has 0 heterocycles. The Morgan fingerprint density at radius 2 is 2.00 bits per heavy atom. The fourth-order valence-corrected chi connectivity index (χ4v) is 2.25.